The molecular formula is C13H18N8O3. The van der Waals surface area contributed by atoms with E-state index in [9.17, 15) is 5.11 Å². The van der Waals surface area contributed by atoms with Gasteiger partial charge >= 0.3 is 0 Å². The van der Waals surface area contributed by atoms with E-state index in [1.807, 2.05) is 6.92 Å². The maximum absolute atomic E-state index is 9.38. The van der Waals surface area contributed by atoms with Crippen LogP contribution in [0.25, 0.3) is 21.6 Å². The van der Waals surface area contributed by atoms with Crippen molar-refractivity contribution in [3.8, 4) is 5.88 Å². The van der Waals surface area contributed by atoms with Crippen molar-refractivity contribution in [2.24, 2.45) is 5.11 Å². The molecule has 0 radical (unpaired) electrons. The Kier molecular flexibility index (Phi) is 4.65. The first-order valence-electron chi connectivity index (χ1n) is 7.61. The highest BCUT2D eigenvalue weighted by molar-refractivity contribution is 5.77. The third-order valence-electron chi connectivity index (χ3n) is 3.74. The number of nitrogens with two attached hydrogens (primary N) is 1. The molecule has 3 atom stereocenters. The summed E-state index contributed by atoms with van der Waals surface area (Å²) in [6, 6.07) is -0.461. The number of hydrogen-bond acceptors (Lipinski definition) is 8. The van der Waals surface area contributed by atoms with E-state index in [2.05, 4.69) is 25.0 Å². The van der Waals surface area contributed by atoms with Gasteiger partial charge < -0.3 is 20.3 Å². The molecule has 3 N–H and O–H groups in total. The standard InChI is InChI=1S/C13H18N8O3/c1-2-3-23-12-10-11(17-13(14)18-12)21(6-16-10)9-4-7(19-20-15)8(5-22)24-9/h6-9,22H,2-5H2,1H3,(H2,14,17,18)/t7-,8+,9+/m0/s1. The predicted octanol–water partition coefficient (Wildman–Crippen LogP) is 1.16. The summed E-state index contributed by atoms with van der Waals surface area (Å²) in [5.41, 5.74) is 15.3. The zero-order chi connectivity index (χ0) is 17.1. The Balaban J connectivity index is 1.96. The van der Waals surface area contributed by atoms with Crippen LogP contribution in [-0.4, -0.2) is 50.0 Å². The summed E-state index contributed by atoms with van der Waals surface area (Å²) >= 11 is 0. The highest BCUT2D eigenvalue weighted by atomic mass is 16.5. The minimum atomic E-state index is -0.571. The molecule has 0 saturated carbocycles. The monoisotopic (exact) mass is 334 g/mol. The molecule has 2 aromatic rings. The van der Waals surface area contributed by atoms with Gasteiger partial charge in [-0.3, -0.25) is 4.57 Å². The number of hydrogen-bond donors (Lipinski definition) is 2. The van der Waals surface area contributed by atoms with E-state index >= 15 is 0 Å². The lowest BCUT2D eigenvalue weighted by molar-refractivity contribution is -0.0232. The average Bonchev–Trinajstić information content (AvgIpc) is 3.16. The summed E-state index contributed by atoms with van der Waals surface area (Å²) in [4.78, 5) is 15.4. The Hall–Kier alpha value is -2.62. The minimum absolute atomic E-state index is 0.0682. The molecule has 3 rings (SSSR count). The first kappa shape index (κ1) is 16.2. The van der Waals surface area contributed by atoms with Gasteiger partial charge in [-0.05, 0) is 12.0 Å². The van der Waals surface area contributed by atoms with Crippen molar-refractivity contribution >= 4 is 17.1 Å². The largest absolute Gasteiger partial charge is 0.476 e. The van der Waals surface area contributed by atoms with Crippen molar-refractivity contribution in [2.45, 2.75) is 38.1 Å². The van der Waals surface area contributed by atoms with Crippen molar-refractivity contribution in [2.75, 3.05) is 18.9 Å². The lowest BCUT2D eigenvalue weighted by Crippen LogP contribution is -2.22. The predicted molar refractivity (Wildman–Crippen MR) is 84.1 cm³/mol. The first-order chi connectivity index (χ1) is 11.7. The summed E-state index contributed by atoms with van der Waals surface area (Å²) in [7, 11) is 0. The molecule has 1 fully saturated rings. The maximum Gasteiger partial charge on any atom is 0.247 e. The second-order valence-corrected chi connectivity index (χ2v) is 5.38. The van der Waals surface area contributed by atoms with Crippen molar-refractivity contribution in [3.63, 3.8) is 0 Å². The van der Waals surface area contributed by atoms with E-state index in [1.165, 1.54) is 0 Å². The van der Waals surface area contributed by atoms with Gasteiger partial charge in [0.2, 0.25) is 11.8 Å². The minimum Gasteiger partial charge on any atom is -0.476 e. The van der Waals surface area contributed by atoms with Crippen LogP contribution in [0.1, 0.15) is 26.0 Å². The second kappa shape index (κ2) is 6.87. The molecule has 128 valence electrons. The van der Waals surface area contributed by atoms with Crippen molar-refractivity contribution in [1.29, 1.82) is 0 Å². The Morgan fingerprint density at radius 2 is 2.42 bits per heavy atom. The number of aromatic nitrogens is 4. The third-order valence-corrected chi connectivity index (χ3v) is 3.74. The van der Waals surface area contributed by atoms with E-state index in [-0.39, 0.29) is 12.6 Å². The van der Waals surface area contributed by atoms with Gasteiger partial charge in [-0.2, -0.15) is 9.97 Å². The highest BCUT2D eigenvalue weighted by Crippen LogP contribution is 2.34. The summed E-state index contributed by atoms with van der Waals surface area (Å²) < 4.78 is 13.0. The SMILES string of the molecule is CCCOc1nc(N)nc2c1ncn2[C@H]1C[C@H](N=[N+]=[N-])[C@@H](CO)O1. The molecular weight excluding hydrogens is 316 g/mol. The van der Waals surface area contributed by atoms with Gasteiger partial charge in [0.15, 0.2) is 11.2 Å². The topological polar surface area (TPSA) is 157 Å². The van der Waals surface area contributed by atoms with Crippen LogP contribution < -0.4 is 10.5 Å². The van der Waals surface area contributed by atoms with Gasteiger partial charge in [0.05, 0.1) is 31.7 Å². The molecule has 0 bridgehead atoms. The number of nitrogens with zero attached hydrogens (tertiary/aromatic N) is 7. The molecule has 3 heterocycles. The van der Waals surface area contributed by atoms with Gasteiger partial charge in [0.1, 0.15) is 6.23 Å². The van der Waals surface area contributed by atoms with Crippen LogP contribution in [0, 0.1) is 0 Å². The van der Waals surface area contributed by atoms with E-state index in [4.69, 9.17) is 20.7 Å². The van der Waals surface area contributed by atoms with Gasteiger partial charge in [-0.1, -0.05) is 12.0 Å². The summed E-state index contributed by atoms with van der Waals surface area (Å²) in [5, 5.41) is 13.0. The molecule has 1 aliphatic rings. The van der Waals surface area contributed by atoms with E-state index < -0.39 is 18.4 Å². The molecule has 0 aliphatic carbocycles. The molecule has 0 amide bonds. The van der Waals surface area contributed by atoms with Gasteiger partial charge in [-0.15, -0.1) is 0 Å². The number of ether oxygens (including phenoxy) is 2. The number of imidazole rings is 1. The Morgan fingerprint density at radius 3 is 3.12 bits per heavy atom. The van der Waals surface area contributed by atoms with Crippen molar-refractivity contribution < 1.29 is 14.6 Å². The van der Waals surface area contributed by atoms with E-state index in [0.29, 0.717) is 30.1 Å². The lowest BCUT2D eigenvalue weighted by Gasteiger charge is -2.14. The average molecular weight is 334 g/mol. The fourth-order valence-corrected chi connectivity index (χ4v) is 2.65. The number of rotatable bonds is 6. The number of azide groups is 1. The number of fused-ring (bicyclic) bond motifs is 1. The normalized spacial score (nSPS) is 23.3. The summed E-state index contributed by atoms with van der Waals surface area (Å²) in [6.07, 6.45) is 1.73. The van der Waals surface area contributed by atoms with Crippen LogP contribution in [0.2, 0.25) is 0 Å². The second-order valence-electron chi connectivity index (χ2n) is 5.38. The Labute approximate surface area is 137 Å². The molecule has 0 unspecified atom stereocenters. The third kappa shape index (κ3) is 2.92. The molecule has 24 heavy (non-hydrogen) atoms. The van der Waals surface area contributed by atoms with E-state index in [0.717, 1.165) is 6.42 Å². The number of nitrogen functional groups attached to an aromatic ring is 1. The van der Waals surface area contributed by atoms with Crippen LogP contribution in [0.5, 0.6) is 5.88 Å². The summed E-state index contributed by atoms with van der Waals surface area (Å²) in [6.45, 7) is 2.23. The van der Waals surface area contributed by atoms with Crippen molar-refractivity contribution in [3.05, 3.63) is 16.8 Å². The van der Waals surface area contributed by atoms with E-state index in [1.54, 1.807) is 10.9 Å². The molecule has 1 aliphatic heterocycles. The Bertz CT molecular complexity index is 772. The molecule has 2 aromatic heterocycles. The van der Waals surface area contributed by atoms with Gasteiger partial charge in [-0.25, -0.2) is 4.98 Å². The van der Waals surface area contributed by atoms with Crippen molar-refractivity contribution in [1.82, 2.24) is 19.5 Å². The quantitative estimate of drug-likeness (QED) is 0.455. The highest BCUT2D eigenvalue weighted by Gasteiger charge is 2.36. The van der Waals surface area contributed by atoms with Gasteiger partial charge in [0, 0.05) is 11.3 Å². The molecule has 0 aromatic carbocycles. The zero-order valence-electron chi connectivity index (χ0n) is 13.1. The molecule has 11 heteroatoms. The summed E-state index contributed by atoms with van der Waals surface area (Å²) in [5.74, 6) is 0.389. The van der Waals surface area contributed by atoms with Crippen LogP contribution in [0.15, 0.2) is 11.4 Å². The molecule has 1 saturated heterocycles. The number of aliphatic hydroxyl groups is 1. The maximum atomic E-state index is 9.38. The fraction of sp³-hybridized carbons (Fsp3) is 0.615. The number of anilines is 1. The fourth-order valence-electron chi connectivity index (χ4n) is 2.65. The van der Waals surface area contributed by atoms with Crippen LogP contribution in [-0.2, 0) is 4.74 Å². The Morgan fingerprint density at radius 1 is 1.58 bits per heavy atom. The zero-order valence-corrected chi connectivity index (χ0v) is 13.1. The smallest absolute Gasteiger partial charge is 0.247 e. The number of aliphatic hydroxyl groups excluding tert-OH is 1. The van der Waals surface area contributed by atoms with Gasteiger partial charge in [0.25, 0.3) is 0 Å². The van der Waals surface area contributed by atoms with Crippen LogP contribution in [0.3, 0.4) is 0 Å². The molecule has 11 nitrogen and oxygen atoms in total. The lowest BCUT2D eigenvalue weighted by atomic mass is 10.1. The molecule has 0 spiro atoms. The first-order valence-corrected chi connectivity index (χ1v) is 7.61. The van der Waals surface area contributed by atoms with Crippen LogP contribution >= 0.6 is 0 Å². The van der Waals surface area contributed by atoms with Crippen LogP contribution in [0.4, 0.5) is 5.95 Å².